The third-order valence-electron chi connectivity index (χ3n) is 4.68. The molecule has 0 saturated heterocycles. The Morgan fingerprint density at radius 2 is 1.96 bits per heavy atom. The van der Waals surface area contributed by atoms with E-state index in [2.05, 4.69) is 25.3 Å². The zero-order chi connectivity index (χ0) is 18.7. The van der Waals surface area contributed by atoms with Crippen molar-refractivity contribution in [3.8, 4) is 0 Å². The zero-order valence-corrected chi connectivity index (χ0v) is 16.4. The number of aromatic nitrogens is 1. The lowest BCUT2D eigenvalue weighted by molar-refractivity contribution is 0.472. The normalized spacial score (nSPS) is 16.0. The highest BCUT2D eigenvalue weighted by Crippen LogP contribution is 2.28. The predicted octanol–water partition coefficient (Wildman–Crippen LogP) is 1.89. The maximum atomic E-state index is 12.1. The van der Waals surface area contributed by atoms with Gasteiger partial charge in [0.15, 0.2) is 5.96 Å². The summed E-state index contributed by atoms with van der Waals surface area (Å²) in [5.41, 5.74) is 0. The summed E-state index contributed by atoms with van der Waals surface area (Å²) in [4.78, 5) is 8.16. The molecule has 26 heavy (non-hydrogen) atoms. The number of unbranched alkanes of at least 4 members (excludes halogenated alkanes) is 1. The second-order valence-corrected chi connectivity index (χ2v) is 8.43. The van der Waals surface area contributed by atoms with Crippen LogP contribution in [0.3, 0.4) is 0 Å². The lowest BCUT2D eigenvalue weighted by Gasteiger charge is -2.13. The predicted molar refractivity (Wildman–Crippen MR) is 105 cm³/mol. The summed E-state index contributed by atoms with van der Waals surface area (Å²) in [5.74, 6) is 1.65. The first-order valence-corrected chi connectivity index (χ1v) is 10.9. The standard InChI is InChI=1S/C18H31N5O2S/c1-19-18(21-12-5-4-9-16-7-2-3-8-16)22-13-14-23-26(24,25)17-10-6-11-20-15-17/h6,10-11,15-16,23H,2-5,7-9,12-14H2,1H3,(H2,19,21,22). The molecule has 7 nitrogen and oxygen atoms in total. The van der Waals surface area contributed by atoms with E-state index >= 15 is 0 Å². The van der Waals surface area contributed by atoms with Gasteiger partial charge >= 0.3 is 0 Å². The van der Waals surface area contributed by atoms with Crippen molar-refractivity contribution >= 4 is 16.0 Å². The van der Waals surface area contributed by atoms with Crippen LogP contribution in [-0.4, -0.2) is 46.0 Å². The minimum atomic E-state index is -3.51. The highest BCUT2D eigenvalue weighted by atomic mass is 32.2. The summed E-state index contributed by atoms with van der Waals surface area (Å²) >= 11 is 0. The molecule has 0 unspecified atom stereocenters. The third-order valence-corrected chi connectivity index (χ3v) is 6.13. The van der Waals surface area contributed by atoms with Gasteiger partial charge in [0, 0.05) is 39.1 Å². The molecule has 8 heteroatoms. The number of nitrogens with zero attached hydrogens (tertiary/aromatic N) is 2. The lowest BCUT2D eigenvalue weighted by Crippen LogP contribution is -2.41. The molecule has 0 spiro atoms. The Labute approximate surface area is 157 Å². The fourth-order valence-electron chi connectivity index (χ4n) is 3.24. The van der Waals surface area contributed by atoms with Crippen molar-refractivity contribution in [3.05, 3.63) is 24.5 Å². The highest BCUT2D eigenvalue weighted by Gasteiger charge is 2.14. The van der Waals surface area contributed by atoms with Crippen molar-refractivity contribution in [2.45, 2.75) is 49.8 Å². The molecule has 1 heterocycles. The minimum Gasteiger partial charge on any atom is -0.356 e. The van der Waals surface area contributed by atoms with Gasteiger partial charge in [0.2, 0.25) is 10.0 Å². The van der Waals surface area contributed by atoms with Gasteiger partial charge in [-0.05, 0) is 24.5 Å². The number of hydrogen-bond donors (Lipinski definition) is 3. The molecule has 0 bridgehead atoms. The zero-order valence-electron chi connectivity index (χ0n) is 15.6. The first-order valence-electron chi connectivity index (χ1n) is 9.46. The van der Waals surface area contributed by atoms with Crippen LogP contribution in [0.25, 0.3) is 0 Å². The molecule has 1 aromatic rings. The number of nitrogens with one attached hydrogen (secondary N) is 3. The van der Waals surface area contributed by atoms with Crippen LogP contribution in [0.4, 0.5) is 0 Å². The largest absolute Gasteiger partial charge is 0.356 e. The highest BCUT2D eigenvalue weighted by molar-refractivity contribution is 7.89. The van der Waals surface area contributed by atoms with E-state index in [1.54, 1.807) is 19.3 Å². The summed E-state index contributed by atoms with van der Waals surface area (Å²) in [6.07, 6.45) is 12.2. The van der Waals surface area contributed by atoms with Crippen molar-refractivity contribution in [1.29, 1.82) is 0 Å². The second-order valence-electron chi connectivity index (χ2n) is 6.66. The van der Waals surface area contributed by atoms with E-state index in [0.29, 0.717) is 12.5 Å². The molecular weight excluding hydrogens is 350 g/mol. The Morgan fingerprint density at radius 1 is 1.19 bits per heavy atom. The summed E-state index contributed by atoms with van der Waals surface area (Å²) in [6.45, 7) is 1.62. The first kappa shape index (κ1) is 20.6. The average Bonchev–Trinajstić information content (AvgIpc) is 3.17. The van der Waals surface area contributed by atoms with E-state index in [-0.39, 0.29) is 11.4 Å². The van der Waals surface area contributed by atoms with Gasteiger partial charge in [-0.25, -0.2) is 13.1 Å². The molecule has 0 amide bonds. The fraction of sp³-hybridized carbons (Fsp3) is 0.667. The van der Waals surface area contributed by atoms with Crippen LogP contribution in [0.1, 0.15) is 44.9 Å². The van der Waals surface area contributed by atoms with Gasteiger partial charge in [-0.3, -0.25) is 9.98 Å². The topological polar surface area (TPSA) is 95.5 Å². The molecule has 3 N–H and O–H groups in total. The van der Waals surface area contributed by atoms with E-state index in [1.807, 2.05) is 0 Å². The fourth-order valence-corrected chi connectivity index (χ4v) is 4.23. The molecule has 146 valence electrons. The number of rotatable bonds is 10. The van der Waals surface area contributed by atoms with Gasteiger partial charge in [-0.1, -0.05) is 38.5 Å². The molecule has 1 saturated carbocycles. The maximum absolute atomic E-state index is 12.1. The molecule has 1 aliphatic rings. The van der Waals surface area contributed by atoms with Crippen LogP contribution in [-0.2, 0) is 10.0 Å². The molecule has 0 aliphatic heterocycles. The van der Waals surface area contributed by atoms with Crippen LogP contribution >= 0.6 is 0 Å². The van der Waals surface area contributed by atoms with Crippen LogP contribution in [0.5, 0.6) is 0 Å². The summed E-state index contributed by atoms with van der Waals surface area (Å²) < 4.78 is 26.7. The van der Waals surface area contributed by atoms with E-state index in [0.717, 1.165) is 18.9 Å². The SMILES string of the molecule is CN=C(NCCCCC1CCCC1)NCCNS(=O)(=O)c1cccnc1. The minimum absolute atomic E-state index is 0.171. The average molecular weight is 382 g/mol. The van der Waals surface area contributed by atoms with Gasteiger partial charge < -0.3 is 10.6 Å². The maximum Gasteiger partial charge on any atom is 0.242 e. The Morgan fingerprint density at radius 3 is 2.65 bits per heavy atom. The smallest absolute Gasteiger partial charge is 0.242 e. The van der Waals surface area contributed by atoms with Crippen LogP contribution in [0, 0.1) is 5.92 Å². The molecule has 2 rings (SSSR count). The van der Waals surface area contributed by atoms with Gasteiger partial charge in [0.05, 0.1) is 0 Å². The van der Waals surface area contributed by atoms with Crippen molar-refractivity contribution in [2.75, 3.05) is 26.7 Å². The Kier molecular flexibility index (Phi) is 8.84. The monoisotopic (exact) mass is 381 g/mol. The number of pyridine rings is 1. The quantitative estimate of drug-likeness (QED) is 0.327. The Balaban J connectivity index is 1.57. The number of aliphatic imine (C=N–C) groups is 1. The first-order chi connectivity index (χ1) is 12.6. The van der Waals surface area contributed by atoms with Crippen molar-refractivity contribution in [1.82, 2.24) is 20.3 Å². The third kappa shape index (κ3) is 7.29. The van der Waals surface area contributed by atoms with Crippen molar-refractivity contribution < 1.29 is 8.42 Å². The summed E-state index contributed by atoms with van der Waals surface area (Å²) in [7, 11) is -1.79. The Bertz CT molecular complexity index is 643. The van der Waals surface area contributed by atoms with Gasteiger partial charge in [0.1, 0.15) is 4.90 Å². The van der Waals surface area contributed by atoms with Crippen LogP contribution < -0.4 is 15.4 Å². The molecule has 1 aromatic heterocycles. The van der Waals surface area contributed by atoms with Crippen molar-refractivity contribution in [2.24, 2.45) is 10.9 Å². The van der Waals surface area contributed by atoms with Crippen LogP contribution in [0.15, 0.2) is 34.4 Å². The molecule has 0 radical (unpaired) electrons. The second kappa shape index (κ2) is 11.1. The molecule has 1 aliphatic carbocycles. The number of sulfonamides is 1. The van der Waals surface area contributed by atoms with E-state index in [4.69, 9.17) is 0 Å². The van der Waals surface area contributed by atoms with E-state index in [9.17, 15) is 8.42 Å². The van der Waals surface area contributed by atoms with Crippen LogP contribution in [0.2, 0.25) is 0 Å². The van der Waals surface area contributed by atoms with E-state index in [1.165, 1.54) is 50.8 Å². The lowest BCUT2D eigenvalue weighted by atomic mass is 10.0. The van der Waals surface area contributed by atoms with Gasteiger partial charge in [-0.2, -0.15) is 0 Å². The number of hydrogen-bond acceptors (Lipinski definition) is 4. The molecule has 0 atom stereocenters. The molecular formula is C18H31N5O2S. The van der Waals surface area contributed by atoms with Gasteiger partial charge in [0.25, 0.3) is 0 Å². The summed E-state index contributed by atoms with van der Waals surface area (Å²) in [6, 6.07) is 3.13. The van der Waals surface area contributed by atoms with E-state index < -0.39 is 10.0 Å². The number of guanidine groups is 1. The van der Waals surface area contributed by atoms with Crippen molar-refractivity contribution in [3.63, 3.8) is 0 Å². The van der Waals surface area contributed by atoms with Gasteiger partial charge in [-0.15, -0.1) is 0 Å². The molecule has 0 aromatic carbocycles. The Hall–Kier alpha value is -1.67. The molecule has 1 fully saturated rings. The summed E-state index contributed by atoms with van der Waals surface area (Å²) in [5, 5.41) is 6.40.